The summed E-state index contributed by atoms with van der Waals surface area (Å²) in [5, 5.41) is 6.95. The van der Waals surface area contributed by atoms with Gasteiger partial charge in [0.2, 0.25) is 4.80 Å². The van der Waals surface area contributed by atoms with Gasteiger partial charge in [-0.3, -0.25) is 9.89 Å². The zero-order chi connectivity index (χ0) is 20.4. The van der Waals surface area contributed by atoms with Crippen LogP contribution in [0.4, 0.5) is 0 Å². The average molecular weight is 421 g/mol. The number of rotatable bonds is 8. The molecule has 0 saturated carbocycles. The number of aromatic nitrogens is 1. The van der Waals surface area contributed by atoms with Crippen molar-refractivity contribution >= 4 is 17.6 Å². The van der Waals surface area contributed by atoms with E-state index in [1.54, 1.807) is 11.3 Å². The number of hydrogen-bond acceptors (Lipinski definition) is 5. The minimum Gasteiger partial charge on any atom is -0.379 e. The fraction of sp³-hybridized carbons (Fsp3) is 0.333. The normalized spacial score (nSPS) is 15.8. The minimum atomic E-state index is 0.772. The molecule has 30 heavy (non-hydrogen) atoms. The number of ether oxygens (including phenoxy) is 1. The molecule has 0 spiro atoms. The Kier molecular flexibility index (Phi) is 7.61. The summed E-state index contributed by atoms with van der Waals surface area (Å²) in [5.41, 5.74) is 3.57. The van der Waals surface area contributed by atoms with Crippen LogP contribution in [0.1, 0.15) is 12.0 Å². The summed E-state index contributed by atoms with van der Waals surface area (Å²) in [4.78, 5) is 8.22. The number of aryl methyl sites for hydroxylation is 1. The lowest BCUT2D eigenvalue weighted by Gasteiger charge is -2.25. The second kappa shape index (κ2) is 11.0. The monoisotopic (exact) mass is 420 g/mol. The second-order valence-electron chi connectivity index (χ2n) is 7.24. The molecular weight excluding hydrogens is 392 g/mol. The van der Waals surface area contributed by atoms with Gasteiger partial charge in [0.1, 0.15) is 0 Å². The van der Waals surface area contributed by atoms with Crippen LogP contribution in [0.15, 0.2) is 76.1 Å². The first-order valence-corrected chi connectivity index (χ1v) is 11.4. The number of morpholine rings is 1. The van der Waals surface area contributed by atoms with Gasteiger partial charge in [0.05, 0.1) is 25.5 Å². The zero-order valence-electron chi connectivity index (χ0n) is 17.2. The van der Waals surface area contributed by atoms with E-state index in [2.05, 4.69) is 64.9 Å². The third kappa shape index (κ3) is 5.75. The van der Waals surface area contributed by atoms with Crippen LogP contribution in [0.2, 0.25) is 0 Å². The number of hydrogen-bond donors (Lipinski definition) is 0. The molecule has 1 fully saturated rings. The van der Waals surface area contributed by atoms with E-state index in [0.29, 0.717) is 0 Å². The fourth-order valence-corrected chi connectivity index (χ4v) is 4.32. The third-order valence-corrected chi connectivity index (χ3v) is 5.98. The summed E-state index contributed by atoms with van der Waals surface area (Å²) in [7, 11) is 0. The molecule has 1 saturated heterocycles. The zero-order valence-corrected chi connectivity index (χ0v) is 18.0. The quantitative estimate of drug-likeness (QED) is 0.519. The van der Waals surface area contributed by atoms with Crippen LogP contribution < -0.4 is 4.80 Å². The van der Waals surface area contributed by atoms with Crippen molar-refractivity contribution in [2.45, 2.75) is 12.8 Å². The van der Waals surface area contributed by atoms with Gasteiger partial charge in [0, 0.05) is 36.8 Å². The van der Waals surface area contributed by atoms with E-state index in [1.165, 1.54) is 5.56 Å². The van der Waals surface area contributed by atoms with E-state index < -0.39 is 0 Å². The number of benzene rings is 2. The maximum atomic E-state index is 5.43. The minimum absolute atomic E-state index is 0.772. The van der Waals surface area contributed by atoms with Gasteiger partial charge < -0.3 is 4.74 Å². The second-order valence-corrected chi connectivity index (χ2v) is 8.08. The highest BCUT2D eigenvalue weighted by Gasteiger charge is 2.10. The number of nitrogens with zero attached hydrogens (tertiary/aromatic N) is 4. The summed E-state index contributed by atoms with van der Waals surface area (Å²) >= 11 is 1.65. The molecule has 0 aliphatic carbocycles. The molecule has 0 unspecified atom stereocenters. The first-order valence-electron chi connectivity index (χ1n) is 10.5. The average Bonchev–Trinajstić information content (AvgIpc) is 3.21. The first-order chi connectivity index (χ1) is 14.9. The van der Waals surface area contributed by atoms with E-state index >= 15 is 0 Å². The summed E-state index contributed by atoms with van der Waals surface area (Å²) in [5.74, 6) is 0. The van der Waals surface area contributed by atoms with Gasteiger partial charge in [-0.15, -0.1) is 11.3 Å². The summed E-state index contributed by atoms with van der Waals surface area (Å²) in [6, 6.07) is 20.9. The topological polar surface area (TPSA) is 42.1 Å². The Morgan fingerprint density at radius 1 is 0.967 bits per heavy atom. The van der Waals surface area contributed by atoms with Crippen molar-refractivity contribution in [3.05, 3.63) is 76.4 Å². The van der Waals surface area contributed by atoms with Gasteiger partial charge in [-0.25, -0.2) is 4.68 Å². The fourth-order valence-electron chi connectivity index (χ4n) is 3.45. The Morgan fingerprint density at radius 2 is 1.70 bits per heavy atom. The molecule has 6 heteroatoms. The standard InChI is InChI=1S/C24H28N4OS/c1-3-8-21(9-4-1)10-7-13-26-28-23(22-11-5-2-6-12-22)20-30-24(28)25-14-15-27-16-18-29-19-17-27/h1-6,8-9,11-13,20H,7,10,14-19H2/b25-24?,26-13+. The Bertz CT molecular complexity index is 989. The molecule has 156 valence electrons. The van der Waals surface area contributed by atoms with Crippen molar-refractivity contribution in [3.8, 4) is 11.3 Å². The van der Waals surface area contributed by atoms with Gasteiger partial charge in [0.25, 0.3) is 0 Å². The van der Waals surface area contributed by atoms with Gasteiger partial charge in [-0.2, -0.15) is 5.10 Å². The van der Waals surface area contributed by atoms with Crippen molar-refractivity contribution < 1.29 is 4.74 Å². The molecule has 0 radical (unpaired) electrons. The van der Waals surface area contributed by atoms with Crippen molar-refractivity contribution in [2.75, 3.05) is 39.4 Å². The third-order valence-electron chi connectivity index (χ3n) is 5.12. The first kappa shape index (κ1) is 20.7. The molecule has 0 amide bonds. The van der Waals surface area contributed by atoms with Gasteiger partial charge in [-0.05, 0) is 18.4 Å². The summed E-state index contributed by atoms with van der Waals surface area (Å²) < 4.78 is 7.42. The van der Waals surface area contributed by atoms with Crippen LogP contribution in [0.3, 0.4) is 0 Å². The maximum Gasteiger partial charge on any atom is 0.206 e. The molecule has 2 heterocycles. The largest absolute Gasteiger partial charge is 0.379 e. The number of thiazole rings is 1. The molecule has 0 atom stereocenters. The van der Waals surface area contributed by atoms with Crippen LogP contribution in [0, 0.1) is 0 Å². The molecule has 1 aromatic heterocycles. The molecule has 1 aliphatic heterocycles. The SMILES string of the molecule is C(/CCc1ccccc1)=N\n1c(-c2ccccc2)csc1=NCCN1CCOCC1. The van der Waals surface area contributed by atoms with Crippen molar-refractivity contribution in [1.29, 1.82) is 0 Å². The molecule has 1 aliphatic rings. The predicted octanol–water partition coefficient (Wildman–Crippen LogP) is 3.92. The lowest BCUT2D eigenvalue weighted by atomic mass is 10.1. The van der Waals surface area contributed by atoms with Gasteiger partial charge in [0.15, 0.2) is 0 Å². The molecule has 0 N–H and O–H groups in total. The Balaban J connectivity index is 1.50. The lowest BCUT2D eigenvalue weighted by Crippen LogP contribution is -2.38. The van der Waals surface area contributed by atoms with Crippen LogP contribution in [0.5, 0.6) is 0 Å². The van der Waals surface area contributed by atoms with Crippen LogP contribution in [-0.2, 0) is 11.2 Å². The Labute approximate surface area is 182 Å². The molecule has 2 aromatic carbocycles. The van der Waals surface area contributed by atoms with Crippen molar-refractivity contribution in [3.63, 3.8) is 0 Å². The lowest BCUT2D eigenvalue weighted by molar-refractivity contribution is 0.0393. The van der Waals surface area contributed by atoms with Crippen LogP contribution in [-0.4, -0.2) is 55.2 Å². The summed E-state index contributed by atoms with van der Waals surface area (Å²) in [6.07, 6.45) is 3.89. The van der Waals surface area contributed by atoms with E-state index in [0.717, 1.165) is 68.3 Å². The molecule has 3 aromatic rings. The highest BCUT2D eigenvalue weighted by atomic mass is 32.1. The van der Waals surface area contributed by atoms with E-state index in [9.17, 15) is 0 Å². The van der Waals surface area contributed by atoms with Crippen molar-refractivity contribution in [2.24, 2.45) is 10.1 Å². The smallest absolute Gasteiger partial charge is 0.206 e. The van der Waals surface area contributed by atoms with Crippen LogP contribution in [0.25, 0.3) is 11.3 Å². The highest BCUT2D eigenvalue weighted by molar-refractivity contribution is 7.07. The van der Waals surface area contributed by atoms with Gasteiger partial charge in [-0.1, -0.05) is 60.7 Å². The Morgan fingerprint density at radius 3 is 2.47 bits per heavy atom. The predicted molar refractivity (Wildman–Crippen MR) is 124 cm³/mol. The van der Waals surface area contributed by atoms with E-state index in [4.69, 9.17) is 14.8 Å². The highest BCUT2D eigenvalue weighted by Crippen LogP contribution is 2.19. The molecular formula is C24H28N4OS. The van der Waals surface area contributed by atoms with Gasteiger partial charge >= 0.3 is 0 Å². The molecule has 5 nitrogen and oxygen atoms in total. The maximum absolute atomic E-state index is 5.43. The van der Waals surface area contributed by atoms with Crippen molar-refractivity contribution in [1.82, 2.24) is 9.58 Å². The Hall–Kier alpha value is -2.54. The molecule has 0 bridgehead atoms. The molecule has 4 rings (SSSR count). The summed E-state index contributed by atoms with van der Waals surface area (Å²) in [6.45, 7) is 5.36. The van der Waals surface area contributed by atoms with E-state index in [1.807, 2.05) is 17.0 Å². The van der Waals surface area contributed by atoms with Crippen LogP contribution >= 0.6 is 11.3 Å². The van der Waals surface area contributed by atoms with E-state index in [-0.39, 0.29) is 0 Å².